The number of nitrogens with one attached hydrogen (secondary N) is 1. The summed E-state index contributed by atoms with van der Waals surface area (Å²) in [7, 11) is 0. The van der Waals surface area contributed by atoms with Gasteiger partial charge in [0.15, 0.2) is 0 Å². The first-order valence-corrected chi connectivity index (χ1v) is 11.4. The van der Waals surface area contributed by atoms with Gasteiger partial charge in [0.2, 0.25) is 0 Å². The highest BCUT2D eigenvalue weighted by Gasteiger charge is 2.51. The van der Waals surface area contributed by atoms with E-state index in [1.54, 1.807) is 6.07 Å². The molecule has 0 radical (unpaired) electrons. The fourth-order valence-electron chi connectivity index (χ4n) is 6.29. The molecule has 0 amide bonds. The molecule has 2 aliphatic carbocycles. The van der Waals surface area contributed by atoms with Crippen molar-refractivity contribution in [2.45, 2.75) is 62.8 Å². The Labute approximate surface area is 175 Å². The lowest BCUT2D eigenvalue weighted by atomic mass is 9.50. The number of aliphatic hydroxyl groups is 1. The van der Waals surface area contributed by atoms with Crippen molar-refractivity contribution in [2.24, 2.45) is 11.8 Å². The molecule has 1 unspecified atom stereocenters. The van der Waals surface area contributed by atoms with Crippen molar-refractivity contribution in [3.05, 3.63) is 65.7 Å². The fraction of sp³-hybridized carbons (Fsp3) is 0.538. The van der Waals surface area contributed by atoms with Crippen LogP contribution in [0.15, 0.2) is 54.6 Å². The Morgan fingerprint density at radius 1 is 1.00 bits per heavy atom. The Morgan fingerprint density at radius 2 is 1.86 bits per heavy atom. The molecule has 4 atom stereocenters. The second-order valence-electron chi connectivity index (χ2n) is 9.07. The number of hydrogen-bond acceptors (Lipinski definition) is 3. The van der Waals surface area contributed by atoms with Crippen molar-refractivity contribution >= 4 is 0 Å². The molecule has 2 aromatic rings. The number of aromatic hydroxyl groups is 1. The second kappa shape index (κ2) is 9.32. The van der Waals surface area contributed by atoms with Gasteiger partial charge in [0.1, 0.15) is 5.75 Å². The van der Waals surface area contributed by atoms with E-state index in [2.05, 4.69) is 41.7 Å². The average molecular weight is 394 g/mol. The van der Waals surface area contributed by atoms with E-state index in [0.717, 1.165) is 25.8 Å². The molecular formula is C26H35NO2. The second-order valence-corrected chi connectivity index (χ2v) is 9.07. The van der Waals surface area contributed by atoms with Gasteiger partial charge in [0.25, 0.3) is 0 Å². The van der Waals surface area contributed by atoms with E-state index < -0.39 is 0 Å². The molecule has 0 aliphatic heterocycles. The largest absolute Gasteiger partial charge is 0.508 e. The summed E-state index contributed by atoms with van der Waals surface area (Å²) in [4.78, 5) is 0. The first kappa shape index (κ1) is 20.4. The van der Waals surface area contributed by atoms with E-state index in [9.17, 15) is 10.2 Å². The summed E-state index contributed by atoms with van der Waals surface area (Å²) < 4.78 is 0. The van der Waals surface area contributed by atoms with E-state index in [4.69, 9.17) is 0 Å². The molecule has 0 saturated heterocycles. The topological polar surface area (TPSA) is 52.5 Å². The first-order valence-electron chi connectivity index (χ1n) is 11.4. The fourth-order valence-corrected chi connectivity index (χ4v) is 6.29. The van der Waals surface area contributed by atoms with Crippen LogP contribution in [0, 0.1) is 11.8 Å². The Kier molecular flexibility index (Phi) is 6.56. The number of aliphatic hydroxyl groups excluding tert-OH is 1. The van der Waals surface area contributed by atoms with E-state index in [-0.39, 0.29) is 12.0 Å². The molecular weight excluding hydrogens is 358 g/mol. The standard InChI is InChI=1S/C26H35NO2/c28-18-6-12-24-23-11-5-15-26(24,21-9-4-10-22(29)19-21)16-13-25(23)27-17-14-20-7-2-1-3-8-20/h1-4,7-10,19,23-25,27-29H,5-6,11-18H2/t23-,24-,25?,26-/m0/s1. The van der Waals surface area contributed by atoms with Crippen LogP contribution in [0.4, 0.5) is 0 Å². The summed E-state index contributed by atoms with van der Waals surface area (Å²) in [6.07, 6.45) is 9.14. The molecule has 2 bridgehead atoms. The zero-order chi connectivity index (χ0) is 20.1. The van der Waals surface area contributed by atoms with E-state index in [1.807, 2.05) is 12.1 Å². The van der Waals surface area contributed by atoms with Crippen LogP contribution in [0.25, 0.3) is 0 Å². The van der Waals surface area contributed by atoms with Crippen LogP contribution in [0.5, 0.6) is 5.75 Å². The third kappa shape index (κ3) is 4.36. The zero-order valence-electron chi connectivity index (χ0n) is 17.4. The normalized spacial score (nSPS) is 28.9. The lowest BCUT2D eigenvalue weighted by Gasteiger charge is -2.56. The minimum absolute atomic E-state index is 0.161. The van der Waals surface area contributed by atoms with Gasteiger partial charge in [-0.3, -0.25) is 0 Å². The van der Waals surface area contributed by atoms with Gasteiger partial charge in [-0.25, -0.2) is 0 Å². The first-order chi connectivity index (χ1) is 14.2. The molecule has 2 fully saturated rings. The van der Waals surface area contributed by atoms with Gasteiger partial charge in [-0.15, -0.1) is 0 Å². The number of fused-ring (bicyclic) bond motifs is 2. The van der Waals surface area contributed by atoms with Gasteiger partial charge in [0, 0.05) is 12.6 Å². The molecule has 3 nitrogen and oxygen atoms in total. The number of rotatable bonds is 8. The van der Waals surface area contributed by atoms with Crippen LogP contribution >= 0.6 is 0 Å². The Balaban J connectivity index is 1.51. The molecule has 4 rings (SSSR count). The molecule has 2 saturated carbocycles. The summed E-state index contributed by atoms with van der Waals surface area (Å²) in [6.45, 7) is 1.29. The van der Waals surface area contributed by atoms with Gasteiger partial charge in [0.05, 0.1) is 0 Å². The summed E-state index contributed by atoms with van der Waals surface area (Å²) in [5, 5.41) is 23.6. The zero-order valence-corrected chi connectivity index (χ0v) is 17.4. The van der Waals surface area contributed by atoms with Crippen molar-refractivity contribution in [1.29, 1.82) is 0 Å². The summed E-state index contributed by atoms with van der Waals surface area (Å²) in [5.74, 6) is 1.61. The smallest absolute Gasteiger partial charge is 0.115 e. The van der Waals surface area contributed by atoms with Crippen LogP contribution in [0.1, 0.15) is 56.1 Å². The third-order valence-electron chi connectivity index (χ3n) is 7.56. The van der Waals surface area contributed by atoms with E-state index in [1.165, 1.54) is 43.2 Å². The highest BCUT2D eigenvalue weighted by atomic mass is 16.3. The molecule has 29 heavy (non-hydrogen) atoms. The predicted molar refractivity (Wildman–Crippen MR) is 118 cm³/mol. The number of phenols is 1. The van der Waals surface area contributed by atoms with Crippen molar-refractivity contribution in [3.63, 3.8) is 0 Å². The van der Waals surface area contributed by atoms with E-state index in [0.29, 0.717) is 23.6 Å². The summed E-state index contributed by atoms with van der Waals surface area (Å²) >= 11 is 0. The number of phenolic OH excluding ortho intramolecular Hbond substituents is 1. The van der Waals surface area contributed by atoms with Crippen LogP contribution in [0.3, 0.4) is 0 Å². The van der Waals surface area contributed by atoms with E-state index >= 15 is 0 Å². The molecule has 3 heteroatoms. The molecule has 0 heterocycles. The molecule has 0 aromatic heterocycles. The predicted octanol–water partition coefficient (Wildman–Crippen LogP) is 4.81. The molecule has 2 aromatic carbocycles. The van der Waals surface area contributed by atoms with Gasteiger partial charge in [-0.05, 0) is 92.0 Å². The molecule has 2 aliphatic rings. The van der Waals surface area contributed by atoms with Gasteiger partial charge in [-0.1, -0.05) is 48.9 Å². The maximum absolute atomic E-state index is 10.1. The highest BCUT2D eigenvalue weighted by molar-refractivity contribution is 5.35. The van der Waals surface area contributed by atoms with Crippen LogP contribution < -0.4 is 5.32 Å². The van der Waals surface area contributed by atoms with Crippen molar-refractivity contribution in [1.82, 2.24) is 5.32 Å². The Morgan fingerprint density at radius 3 is 2.66 bits per heavy atom. The number of benzene rings is 2. The summed E-state index contributed by atoms with van der Waals surface area (Å²) in [6, 6.07) is 19.3. The maximum atomic E-state index is 10.1. The molecule has 3 N–H and O–H groups in total. The molecule has 156 valence electrons. The van der Waals surface area contributed by atoms with Crippen LogP contribution in [0.2, 0.25) is 0 Å². The van der Waals surface area contributed by atoms with Crippen molar-refractivity contribution in [3.8, 4) is 5.75 Å². The van der Waals surface area contributed by atoms with Crippen LogP contribution in [-0.2, 0) is 11.8 Å². The van der Waals surface area contributed by atoms with Gasteiger partial charge >= 0.3 is 0 Å². The number of hydrogen-bond donors (Lipinski definition) is 3. The third-order valence-corrected chi connectivity index (χ3v) is 7.56. The SMILES string of the molecule is OCCC[C@H]1[C@@H]2CCC[C@@]1(c1cccc(O)c1)CCC2NCCc1ccccc1. The Hall–Kier alpha value is -1.84. The average Bonchev–Trinajstić information content (AvgIpc) is 2.74. The lowest BCUT2D eigenvalue weighted by Crippen LogP contribution is -2.55. The van der Waals surface area contributed by atoms with Gasteiger partial charge in [-0.2, -0.15) is 0 Å². The maximum Gasteiger partial charge on any atom is 0.115 e. The molecule has 0 spiro atoms. The quantitative estimate of drug-likeness (QED) is 0.603. The Bertz CT molecular complexity index is 777. The minimum Gasteiger partial charge on any atom is -0.508 e. The highest BCUT2D eigenvalue weighted by Crippen LogP contribution is 2.56. The van der Waals surface area contributed by atoms with Crippen molar-refractivity contribution in [2.75, 3.05) is 13.2 Å². The lowest BCUT2D eigenvalue weighted by molar-refractivity contribution is 0.0199. The monoisotopic (exact) mass is 393 g/mol. The van der Waals surface area contributed by atoms with Gasteiger partial charge < -0.3 is 15.5 Å². The minimum atomic E-state index is 0.161. The van der Waals surface area contributed by atoms with Crippen LogP contribution in [-0.4, -0.2) is 29.4 Å². The summed E-state index contributed by atoms with van der Waals surface area (Å²) in [5.41, 5.74) is 2.87. The van der Waals surface area contributed by atoms with Crippen molar-refractivity contribution < 1.29 is 10.2 Å².